The minimum atomic E-state index is -0.526. The molecular formula is C8H5ClFLi. The standard InChI is InChI=1S/C8H5ClF.Li/c9-6-8(10)7-4-2-1-3-5-7;/h1-5H;/q-1;+1. The van der Waals surface area contributed by atoms with Gasteiger partial charge in [-0.1, -0.05) is 18.2 Å². The van der Waals surface area contributed by atoms with Crippen LogP contribution in [0.5, 0.6) is 0 Å². The van der Waals surface area contributed by atoms with Crippen LogP contribution < -0.4 is 18.9 Å². The summed E-state index contributed by atoms with van der Waals surface area (Å²) in [6.07, 6.45) is 0. The molecule has 52 valence electrons. The molecule has 0 atom stereocenters. The molecule has 3 heteroatoms. The molecule has 1 aromatic rings. The molecule has 0 radical (unpaired) electrons. The van der Waals surface area contributed by atoms with Crippen LogP contribution in [0.4, 0.5) is 4.39 Å². The van der Waals surface area contributed by atoms with Gasteiger partial charge in [0.2, 0.25) is 0 Å². The number of hydrogen-bond acceptors (Lipinski definition) is 0. The van der Waals surface area contributed by atoms with Gasteiger partial charge in [0, 0.05) is 0 Å². The first-order chi connectivity index (χ1) is 4.84. The van der Waals surface area contributed by atoms with Gasteiger partial charge >= 0.3 is 18.9 Å². The summed E-state index contributed by atoms with van der Waals surface area (Å²) >= 11 is 5.02. The van der Waals surface area contributed by atoms with Crippen molar-refractivity contribution in [2.75, 3.05) is 0 Å². The van der Waals surface area contributed by atoms with Crippen LogP contribution in [0, 0.1) is 5.54 Å². The van der Waals surface area contributed by atoms with Crippen LogP contribution in [0.25, 0.3) is 5.83 Å². The third-order valence-electron chi connectivity index (χ3n) is 1.11. The van der Waals surface area contributed by atoms with E-state index in [1.165, 1.54) is 0 Å². The van der Waals surface area contributed by atoms with Crippen LogP contribution in [0.1, 0.15) is 5.56 Å². The zero-order valence-corrected chi connectivity index (χ0v) is 6.90. The van der Waals surface area contributed by atoms with E-state index in [0.29, 0.717) is 5.56 Å². The van der Waals surface area contributed by atoms with Crippen molar-refractivity contribution in [3.63, 3.8) is 0 Å². The number of hydrogen-bond donors (Lipinski definition) is 0. The molecule has 0 aliphatic heterocycles. The van der Waals surface area contributed by atoms with Gasteiger partial charge in [-0.15, -0.1) is 23.2 Å². The molecule has 1 aromatic carbocycles. The molecule has 0 spiro atoms. The van der Waals surface area contributed by atoms with Gasteiger partial charge in [0.05, 0.1) is 0 Å². The molecule has 0 saturated carbocycles. The third kappa shape index (κ3) is 3.12. The Hall–Kier alpha value is -0.223. The van der Waals surface area contributed by atoms with E-state index < -0.39 is 5.83 Å². The Balaban J connectivity index is 0.000001000. The van der Waals surface area contributed by atoms with Crippen molar-refractivity contribution in [1.82, 2.24) is 0 Å². The van der Waals surface area contributed by atoms with Crippen molar-refractivity contribution in [1.29, 1.82) is 0 Å². The Bertz CT molecular complexity index is 233. The summed E-state index contributed by atoms with van der Waals surface area (Å²) in [4.78, 5) is 0. The molecule has 11 heavy (non-hydrogen) atoms. The van der Waals surface area contributed by atoms with E-state index in [0.717, 1.165) is 0 Å². The second-order valence-corrected chi connectivity index (χ2v) is 1.96. The fourth-order valence-corrected chi connectivity index (χ4v) is 0.748. The zero-order chi connectivity index (χ0) is 7.40. The molecule has 0 saturated heterocycles. The summed E-state index contributed by atoms with van der Waals surface area (Å²) < 4.78 is 12.5. The van der Waals surface area contributed by atoms with E-state index in [2.05, 4.69) is 0 Å². The maximum Gasteiger partial charge on any atom is 1.00 e. The van der Waals surface area contributed by atoms with Crippen LogP contribution in [-0.4, -0.2) is 0 Å². The first-order valence-electron chi connectivity index (χ1n) is 2.79. The van der Waals surface area contributed by atoms with Crippen molar-refractivity contribution >= 4 is 17.4 Å². The molecule has 1 rings (SSSR count). The fourth-order valence-electron chi connectivity index (χ4n) is 0.639. The molecular weight excluding hydrogens is 157 g/mol. The van der Waals surface area contributed by atoms with Gasteiger partial charge in [0.1, 0.15) is 0 Å². The topological polar surface area (TPSA) is 0 Å². The summed E-state index contributed by atoms with van der Waals surface area (Å²) in [5.74, 6) is -0.526. The van der Waals surface area contributed by atoms with E-state index in [1.54, 1.807) is 24.3 Å². The van der Waals surface area contributed by atoms with Crippen LogP contribution in [0.2, 0.25) is 0 Å². The van der Waals surface area contributed by atoms with Crippen molar-refractivity contribution in [2.45, 2.75) is 0 Å². The smallest absolute Gasteiger partial charge is 0.248 e. The predicted octanol–water partition coefficient (Wildman–Crippen LogP) is 0.000490. The molecule has 0 amide bonds. The first-order valence-corrected chi connectivity index (χ1v) is 3.17. The average molecular weight is 163 g/mol. The number of rotatable bonds is 1. The molecule has 0 unspecified atom stereocenters. The third-order valence-corrected chi connectivity index (χ3v) is 1.28. The number of benzene rings is 1. The van der Waals surface area contributed by atoms with E-state index >= 15 is 0 Å². The van der Waals surface area contributed by atoms with Crippen LogP contribution in [0.3, 0.4) is 0 Å². The van der Waals surface area contributed by atoms with Crippen molar-refractivity contribution < 1.29 is 23.3 Å². The van der Waals surface area contributed by atoms with E-state index in [-0.39, 0.29) is 18.9 Å². The van der Waals surface area contributed by atoms with E-state index in [1.807, 2.05) is 11.6 Å². The van der Waals surface area contributed by atoms with Gasteiger partial charge in [0.15, 0.2) is 0 Å². The number of halogens is 2. The molecule has 0 aliphatic rings. The molecule has 0 aliphatic carbocycles. The average Bonchev–Trinajstić information content (AvgIpc) is 2.05. The molecule has 0 fully saturated rings. The van der Waals surface area contributed by atoms with Crippen molar-refractivity contribution in [3.05, 3.63) is 41.4 Å². The van der Waals surface area contributed by atoms with E-state index in [4.69, 9.17) is 11.6 Å². The van der Waals surface area contributed by atoms with Gasteiger partial charge in [-0.05, 0) is 5.83 Å². The maximum atomic E-state index is 12.5. The van der Waals surface area contributed by atoms with Crippen molar-refractivity contribution in [2.24, 2.45) is 0 Å². The second kappa shape index (κ2) is 5.43. The zero-order valence-electron chi connectivity index (χ0n) is 6.14. The maximum absolute atomic E-state index is 12.5. The fraction of sp³-hybridized carbons (Fsp3) is 0. The van der Waals surface area contributed by atoms with Gasteiger partial charge in [-0.2, -0.15) is 0 Å². The van der Waals surface area contributed by atoms with Crippen molar-refractivity contribution in [3.8, 4) is 0 Å². The van der Waals surface area contributed by atoms with Crippen LogP contribution in [0.15, 0.2) is 30.3 Å². The Morgan fingerprint density at radius 2 is 1.82 bits per heavy atom. The summed E-state index contributed by atoms with van der Waals surface area (Å²) in [5, 5.41) is 0. The molecule has 0 N–H and O–H groups in total. The van der Waals surface area contributed by atoms with Gasteiger partial charge in [-0.3, -0.25) is 0 Å². The Morgan fingerprint density at radius 1 is 1.27 bits per heavy atom. The van der Waals surface area contributed by atoms with Gasteiger partial charge in [-0.25, -0.2) is 16.0 Å². The molecule has 0 heterocycles. The minimum Gasteiger partial charge on any atom is -0.248 e. The van der Waals surface area contributed by atoms with Crippen LogP contribution in [-0.2, 0) is 0 Å². The first kappa shape index (κ1) is 10.8. The largest absolute Gasteiger partial charge is 1.00 e. The second-order valence-electron chi connectivity index (χ2n) is 1.77. The summed E-state index contributed by atoms with van der Waals surface area (Å²) in [7, 11) is 0. The van der Waals surface area contributed by atoms with Gasteiger partial charge in [0.25, 0.3) is 0 Å². The van der Waals surface area contributed by atoms with E-state index in [9.17, 15) is 4.39 Å². The molecule has 0 bridgehead atoms. The predicted molar refractivity (Wildman–Crippen MR) is 40.1 cm³/mol. The molecule has 0 nitrogen and oxygen atoms in total. The normalized spacial score (nSPS) is 10.5. The Morgan fingerprint density at radius 3 is 2.27 bits per heavy atom. The SMILES string of the molecule is FC(=[C-]Cl)c1ccccc1.[Li+]. The summed E-state index contributed by atoms with van der Waals surface area (Å²) in [6, 6.07) is 8.55. The summed E-state index contributed by atoms with van der Waals surface area (Å²) in [6.45, 7) is 0. The minimum absolute atomic E-state index is 0. The monoisotopic (exact) mass is 162 g/mol. The quantitative estimate of drug-likeness (QED) is 0.403. The van der Waals surface area contributed by atoms with Gasteiger partial charge < -0.3 is 0 Å². The molecule has 0 aromatic heterocycles. The Kier molecular flexibility index (Phi) is 5.32. The van der Waals surface area contributed by atoms with Crippen LogP contribution >= 0.6 is 11.6 Å². The summed E-state index contributed by atoms with van der Waals surface area (Å²) in [5.41, 5.74) is 2.36. The Labute approximate surface area is 82.2 Å².